The topological polar surface area (TPSA) is 59.8 Å². The van der Waals surface area contributed by atoms with Gasteiger partial charge in [0, 0.05) is 12.1 Å². The molecule has 0 fully saturated rings. The Morgan fingerprint density at radius 1 is 1.12 bits per heavy atom. The Kier molecular flexibility index (Phi) is 5.36. The molecule has 0 aliphatic heterocycles. The van der Waals surface area contributed by atoms with Crippen molar-refractivity contribution < 1.29 is 4.79 Å². The van der Waals surface area contributed by atoms with E-state index >= 15 is 0 Å². The maximum absolute atomic E-state index is 12.3. The van der Waals surface area contributed by atoms with Crippen molar-refractivity contribution in [2.24, 2.45) is 0 Å². The van der Waals surface area contributed by atoms with Gasteiger partial charge in [0.15, 0.2) is 5.82 Å². The monoisotopic (exact) mass is 374 g/mol. The quantitative estimate of drug-likeness (QED) is 0.720. The first-order valence-corrected chi connectivity index (χ1v) is 8.62. The van der Waals surface area contributed by atoms with E-state index in [4.69, 9.17) is 23.2 Å². The first-order chi connectivity index (χ1) is 12.1. The number of halogens is 2. The molecule has 128 valence electrons. The molecule has 5 nitrogen and oxygen atoms in total. The molecule has 0 atom stereocenters. The fourth-order valence-corrected chi connectivity index (χ4v) is 2.59. The van der Waals surface area contributed by atoms with Gasteiger partial charge in [0.05, 0.1) is 15.7 Å². The van der Waals surface area contributed by atoms with Gasteiger partial charge in [-0.15, -0.1) is 5.10 Å². The Labute approximate surface area is 155 Å². The molecule has 0 aliphatic carbocycles. The van der Waals surface area contributed by atoms with Crippen molar-refractivity contribution in [1.82, 2.24) is 20.1 Å². The smallest absolute Gasteiger partial charge is 0.290 e. The summed E-state index contributed by atoms with van der Waals surface area (Å²) >= 11 is 12.1. The molecule has 0 aliphatic rings. The number of nitrogens with one attached hydrogen (secondary N) is 1. The number of nitrogens with zero attached hydrogens (tertiary/aromatic N) is 3. The van der Waals surface area contributed by atoms with Gasteiger partial charge in [0.2, 0.25) is 5.82 Å². The Morgan fingerprint density at radius 2 is 1.88 bits per heavy atom. The molecular weight excluding hydrogens is 359 g/mol. The number of benzene rings is 2. The van der Waals surface area contributed by atoms with E-state index in [1.165, 1.54) is 0 Å². The van der Waals surface area contributed by atoms with Gasteiger partial charge in [0.1, 0.15) is 0 Å². The number of carbonyl (C=O) groups excluding carboxylic acids is 1. The maximum atomic E-state index is 12.3. The lowest BCUT2D eigenvalue weighted by Gasteiger charge is -2.07. The molecule has 1 aromatic heterocycles. The van der Waals surface area contributed by atoms with Crippen molar-refractivity contribution in [3.8, 4) is 17.1 Å². The van der Waals surface area contributed by atoms with E-state index in [1.807, 2.05) is 37.3 Å². The molecule has 0 saturated heterocycles. The molecule has 3 rings (SSSR count). The van der Waals surface area contributed by atoms with Gasteiger partial charge >= 0.3 is 0 Å². The lowest BCUT2D eigenvalue weighted by Crippen LogP contribution is -2.25. The minimum absolute atomic E-state index is 0.110. The van der Waals surface area contributed by atoms with E-state index in [9.17, 15) is 4.79 Å². The lowest BCUT2D eigenvalue weighted by atomic mass is 10.2. The Morgan fingerprint density at radius 3 is 2.56 bits per heavy atom. The zero-order chi connectivity index (χ0) is 17.8. The highest BCUT2D eigenvalue weighted by atomic mass is 35.5. The molecule has 0 bridgehead atoms. The van der Waals surface area contributed by atoms with E-state index in [1.54, 1.807) is 22.9 Å². The Bertz CT molecular complexity index is 893. The predicted octanol–water partition coefficient (Wildman–Crippen LogP) is 4.38. The van der Waals surface area contributed by atoms with Crippen LogP contribution in [0, 0.1) is 0 Å². The van der Waals surface area contributed by atoms with Crippen LogP contribution in [0.1, 0.15) is 24.0 Å². The number of amides is 1. The van der Waals surface area contributed by atoms with Crippen molar-refractivity contribution in [3.05, 3.63) is 64.4 Å². The second-order valence-corrected chi connectivity index (χ2v) is 6.21. The Balaban J connectivity index is 2.10. The molecule has 3 aromatic rings. The van der Waals surface area contributed by atoms with E-state index in [2.05, 4.69) is 15.4 Å². The molecule has 0 unspecified atom stereocenters. The fraction of sp³-hybridized carbons (Fsp3) is 0.167. The number of carbonyl (C=O) groups is 1. The first-order valence-electron chi connectivity index (χ1n) is 7.86. The van der Waals surface area contributed by atoms with Crippen LogP contribution in [0.15, 0.2) is 48.5 Å². The highest BCUT2D eigenvalue weighted by Gasteiger charge is 2.18. The van der Waals surface area contributed by atoms with Crippen molar-refractivity contribution >= 4 is 29.1 Å². The SMILES string of the molecule is CCCNC(=O)c1nc(-c2ccccc2)n(-c2ccc(Cl)c(Cl)c2)n1. The number of hydrogen-bond acceptors (Lipinski definition) is 3. The molecule has 0 radical (unpaired) electrons. The van der Waals surface area contributed by atoms with E-state index < -0.39 is 0 Å². The van der Waals surface area contributed by atoms with Crippen LogP contribution in [0.25, 0.3) is 17.1 Å². The highest BCUT2D eigenvalue weighted by Crippen LogP contribution is 2.27. The van der Waals surface area contributed by atoms with Crippen molar-refractivity contribution in [2.75, 3.05) is 6.54 Å². The average Bonchev–Trinajstić information content (AvgIpc) is 3.08. The van der Waals surface area contributed by atoms with E-state index in [0.29, 0.717) is 28.1 Å². The fourth-order valence-electron chi connectivity index (χ4n) is 2.30. The van der Waals surface area contributed by atoms with Crippen LogP contribution in [0.3, 0.4) is 0 Å². The van der Waals surface area contributed by atoms with Crippen LogP contribution in [-0.2, 0) is 0 Å². The van der Waals surface area contributed by atoms with Crippen molar-refractivity contribution in [2.45, 2.75) is 13.3 Å². The van der Waals surface area contributed by atoms with Crippen molar-refractivity contribution in [3.63, 3.8) is 0 Å². The number of rotatable bonds is 5. The lowest BCUT2D eigenvalue weighted by molar-refractivity contribution is 0.0943. The predicted molar refractivity (Wildman–Crippen MR) is 99.4 cm³/mol. The molecule has 0 saturated carbocycles. The summed E-state index contributed by atoms with van der Waals surface area (Å²) in [6.07, 6.45) is 0.838. The third-order valence-electron chi connectivity index (χ3n) is 3.53. The van der Waals surface area contributed by atoms with E-state index in [0.717, 1.165) is 12.0 Å². The van der Waals surface area contributed by atoms with Crippen LogP contribution in [0.4, 0.5) is 0 Å². The maximum Gasteiger partial charge on any atom is 0.290 e. The summed E-state index contributed by atoms with van der Waals surface area (Å²) in [5, 5.41) is 8.02. The molecule has 0 spiro atoms. The first kappa shape index (κ1) is 17.5. The molecule has 1 amide bonds. The van der Waals surface area contributed by atoms with Gasteiger partial charge in [-0.1, -0.05) is 60.5 Å². The molecule has 7 heteroatoms. The summed E-state index contributed by atoms with van der Waals surface area (Å²) in [5.41, 5.74) is 1.52. The van der Waals surface area contributed by atoms with Crippen LogP contribution in [-0.4, -0.2) is 27.2 Å². The van der Waals surface area contributed by atoms with Gasteiger partial charge in [0.25, 0.3) is 5.91 Å². The molecule has 1 N–H and O–H groups in total. The summed E-state index contributed by atoms with van der Waals surface area (Å²) in [4.78, 5) is 16.7. The van der Waals surface area contributed by atoms with Gasteiger partial charge < -0.3 is 5.32 Å². The van der Waals surface area contributed by atoms with Gasteiger partial charge in [-0.25, -0.2) is 9.67 Å². The summed E-state index contributed by atoms with van der Waals surface area (Å²) in [6, 6.07) is 14.7. The summed E-state index contributed by atoms with van der Waals surface area (Å²) in [5.74, 6) is 0.358. The highest BCUT2D eigenvalue weighted by molar-refractivity contribution is 6.42. The number of hydrogen-bond donors (Lipinski definition) is 1. The van der Waals surface area contributed by atoms with Gasteiger partial charge in [-0.2, -0.15) is 0 Å². The van der Waals surface area contributed by atoms with Crippen LogP contribution < -0.4 is 5.32 Å². The average molecular weight is 375 g/mol. The molecule has 25 heavy (non-hydrogen) atoms. The standard InChI is InChI=1S/C18H16Cl2N4O/c1-2-10-21-18(25)16-22-17(12-6-4-3-5-7-12)24(23-16)13-8-9-14(19)15(20)11-13/h3-9,11H,2,10H2,1H3,(H,21,25). The van der Waals surface area contributed by atoms with Crippen LogP contribution >= 0.6 is 23.2 Å². The zero-order valence-electron chi connectivity index (χ0n) is 13.5. The van der Waals surface area contributed by atoms with Gasteiger partial charge in [-0.3, -0.25) is 4.79 Å². The van der Waals surface area contributed by atoms with Crippen LogP contribution in [0.5, 0.6) is 0 Å². The molecule has 1 heterocycles. The number of aromatic nitrogens is 3. The third-order valence-corrected chi connectivity index (χ3v) is 4.26. The minimum Gasteiger partial charge on any atom is -0.349 e. The van der Waals surface area contributed by atoms with Crippen LogP contribution in [0.2, 0.25) is 10.0 Å². The third kappa shape index (κ3) is 3.83. The minimum atomic E-state index is -0.308. The summed E-state index contributed by atoms with van der Waals surface area (Å²) in [7, 11) is 0. The molecular formula is C18H16Cl2N4O. The van der Waals surface area contributed by atoms with Crippen molar-refractivity contribution in [1.29, 1.82) is 0 Å². The second-order valence-electron chi connectivity index (χ2n) is 5.39. The largest absolute Gasteiger partial charge is 0.349 e. The van der Waals surface area contributed by atoms with Gasteiger partial charge in [-0.05, 0) is 24.6 Å². The molecule has 2 aromatic carbocycles. The normalized spacial score (nSPS) is 10.7. The Hall–Kier alpha value is -2.37. The van der Waals surface area contributed by atoms with E-state index in [-0.39, 0.29) is 11.7 Å². The summed E-state index contributed by atoms with van der Waals surface area (Å²) < 4.78 is 1.60. The zero-order valence-corrected chi connectivity index (χ0v) is 15.1. The second kappa shape index (κ2) is 7.68. The summed E-state index contributed by atoms with van der Waals surface area (Å²) in [6.45, 7) is 2.55.